The number of nitrogen functional groups attached to an aromatic ring is 1. The molecule has 0 aliphatic heterocycles. The van der Waals surface area contributed by atoms with Crippen LogP contribution in [0.1, 0.15) is 17.3 Å². The maximum absolute atomic E-state index is 11.3. The molecule has 0 spiro atoms. The van der Waals surface area contributed by atoms with Gasteiger partial charge in [-0.3, -0.25) is 4.79 Å². The summed E-state index contributed by atoms with van der Waals surface area (Å²) in [5.74, 6) is -0.0365. The standard InChI is InChI=1S/C14H13ClN2O/c1-9(18)13-7-6-12(8-14(13)16)17-11-4-2-10(15)3-5-11/h2-8,17H,16H2,1H3. The van der Waals surface area contributed by atoms with Crippen molar-refractivity contribution >= 4 is 34.4 Å². The molecule has 0 bridgehead atoms. The smallest absolute Gasteiger partial charge is 0.161 e. The van der Waals surface area contributed by atoms with E-state index in [0.717, 1.165) is 11.4 Å². The fraction of sp³-hybridized carbons (Fsp3) is 0.0714. The molecular weight excluding hydrogens is 248 g/mol. The van der Waals surface area contributed by atoms with Crippen molar-refractivity contribution in [1.29, 1.82) is 0 Å². The molecule has 92 valence electrons. The van der Waals surface area contributed by atoms with E-state index in [1.54, 1.807) is 24.3 Å². The van der Waals surface area contributed by atoms with Crippen molar-refractivity contribution in [3.05, 3.63) is 53.1 Å². The number of hydrogen-bond donors (Lipinski definition) is 2. The van der Waals surface area contributed by atoms with Crippen LogP contribution in [0.2, 0.25) is 5.02 Å². The molecule has 0 aromatic heterocycles. The van der Waals surface area contributed by atoms with Gasteiger partial charge in [-0.15, -0.1) is 0 Å². The fourth-order valence-electron chi connectivity index (χ4n) is 1.66. The van der Waals surface area contributed by atoms with E-state index < -0.39 is 0 Å². The number of nitrogens with one attached hydrogen (secondary N) is 1. The molecule has 4 heteroatoms. The lowest BCUT2D eigenvalue weighted by Gasteiger charge is -2.09. The van der Waals surface area contributed by atoms with Gasteiger partial charge in [-0.25, -0.2) is 0 Å². The summed E-state index contributed by atoms with van der Waals surface area (Å²) in [5, 5.41) is 3.88. The summed E-state index contributed by atoms with van der Waals surface area (Å²) < 4.78 is 0. The zero-order valence-electron chi connectivity index (χ0n) is 9.91. The molecule has 2 aromatic carbocycles. The second-order valence-electron chi connectivity index (χ2n) is 3.99. The summed E-state index contributed by atoms with van der Waals surface area (Å²) in [4.78, 5) is 11.3. The molecule has 0 fully saturated rings. The van der Waals surface area contributed by atoms with Gasteiger partial charge in [0.05, 0.1) is 0 Å². The molecule has 0 unspecified atom stereocenters. The first-order valence-corrected chi connectivity index (χ1v) is 5.87. The van der Waals surface area contributed by atoms with E-state index in [1.807, 2.05) is 18.2 Å². The van der Waals surface area contributed by atoms with Gasteiger partial charge < -0.3 is 11.1 Å². The lowest BCUT2D eigenvalue weighted by molar-refractivity contribution is 0.101. The molecule has 3 N–H and O–H groups in total. The molecule has 0 saturated heterocycles. The van der Waals surface area contributed by atoms with E-state index in [4.69, 9.17) is 17.3 Å². The van der Waals surface area contributed by atoms with E-state index in [9.17, 15) is 4.79 Å². The van der Waals surface area contributed by atoms with Crippen LogP contribution in [0, 0.1) is 0 Å². The van der Waals surface area contributed by atoms with Gasteiger partial charge in [-0.1, -0.05) is 11.6 Å². The number of hydrogen-bond acceptors (Lipinski definition) is 3. The van der Waals surface area contributed by atoms with Crippen molar-refractivity contribution < 1.29 is 4.79 Å². The third-order valence-electron chi connectivity index (χ3n) is 2.56. The normalized spacial score (nSPS) is 10.1. The van der Waals surface area contributed by atoms with E-state index in [1.165, 1.54) is 6.92 Å². The van der Waals surface area contributed by atoms with Crippen LogP contribution in [0.15, 0.2) is 42.5 Å². The summed E-state index contributed by atoms with van der Waals surface area (Å²) in [7, 11) is 0. The van der Waals surface area contributed by atoms with Gasteiger partial charge in [0, 0.05) is 27.6 Å². The number of ketones is 1. The second-order valence-corrected chi connectivity index (χ2v) is 4.43. The van der Waals surface area contributed by atoms with Gasteiger partial charge in [-0.05, 0) is 49.4 Å². The number of carbonyl (C=O) groups excluding carboxylic acids is 1. The Bertz CT molecular complexity index is 579. The SMILES string of the molecule is CC(=O)c1ccc(Nc2ccc(Cl)cc2)cc1N. The average Bonchev–Trinajstić information content (AvgIpc) is 2.32. The van der Waals surface area contributed by atoms with Crippen molar-refractivity contribution in [2.45, 2.75) is 6.92 Å². The highest BCUT2D eigenvalue weighted by Gasteiger charge is 2.05. The third kappa shape index (κ3) is 2.81. The van der Waals surface area contributed by atoms with Crippen molar-refractivity contribution in [3.8, 4) is 0 Å². The number of carbonyl (C=O) groups is 1. The van der Waals surface area contributed by atoms with E-state index in [0.29, 0.717) is 16.3 Å². The molecule has 3 nitrogen and oxygen atoms in total. The highest BCUT2D eigenvalue weighted by Crippen LogP contribution is 2.23. The maximum Gasteiger partial charge on any atom is 0.161 e. The lowest BCUT2D eigenvalue weighted by Crippen LogP contribution is -2.00. The zero-order valence-corrected chi connectivity index (χ0v) is 10.7. The zero-order chi connectivity index (χ0) is 13.1. The summed E-state index contributed by atoms with van der Waals surface area (Å²) >= 11 is 5.81. The van der Waals surface area contributed by atoms with E-state index >= 15 is 0 Å². The number of benzene rings is 2. The van der Waals surface area contributed by atoms with Crippen LogP contribution in [-0.4, -0.2) is 5.78 Å². The molecule has 18 heavy (non-hydrogen) atoms. The Kier molecular flexibility index (Phi) is 3.53. The molecule has 0 saturated carbocycles. The van der Waals surface area contributed by atoms with Crippen molar-refractivity contribution in [1.82, 2.24) is 0 Å². The Morgan fingerprint density at radius 3 is 2.28 bits per heavy atom. The Morgan fingerprint density at radius 2 is 1.72 bits per heavy atom. The van der Waals surface area contributed by atoms with Crippen LogP contribution in [0.4, 0.5) is 17.1 Å². The highest BCUT2D eigenvalue weighted by molar-refractivity contribution is 6.30. The molecule has 2 rings (SSSR count). The molecule has 2 aromatic rings. The van der Waals surface area contributed by atoms with Gasteiger partial charge in [0.25, 0.3) is 0 Å². The Morgan fingerprint density at radius 1 is 1.11 bits per heavy atom. The van der Waals surface area contributed by atoms with Gasteiger partial charge in [0.2, 0.25) is 0 Å². The minimum atomic E-state index is -0.0365. The first-order chi connectivity index (χ1) is 8.56. The predicted molar refractivity (Wildman–Crippen MR) is 75.6 cm³/mol. The number of anilines is 3. The van der Waals surface area contributed by atoms with E-state index in [2.05, 4.69) is 5.32 Å². The van der Waals surface area contributed by atoms with Gasteiger partial charge in [0.15, 0.2) is 5.78 Å². The number of rotatable bonds is 3. The Balaban J connectivity index is 2.22. The van der Waals surface area contributed by atoms with Crippen LogP contribution >= 0.6 is 11.6 Å². The molecule has 0 aliphatic carbocycles. The van der Waals surface area contributed by atoms with Crippen LogP contribution in [0.3, 0.4) is 0 Å². The van der Waals surface area contributed by atoms with Gasteiger partial charge in [-0.2, -0.15) is 0 Å². The van der Waals surface area contributed by atoms with Crippen LogP contribution in [0.5, 0.6) is 0 Å². The first kappa shape index (κ1) is 12.5. The van der Waals surface area contributed by atoms with Gasteiger partial charge >= 0.3 is 0 Å². The van der Waals surface area contributed by atoms with E-state index in [-0.39, 0.29) is 5.78 Å². The monoisotopic (exact) mass is 260 g/mol. The molecule has 0 heterocycles. The lowest BCUT2D eigenvalue weighted by atomic mass is 10.1. The average molecular weight is 261 g/mol. The van der Waals surface area contributed by atoms with Crippen LogP contribution in [-0.2, 0) is 0 Å². The first-order valence-electron chi connectivity index (χ1n) is 5.49. The predicted octanol–water partition coefficient (Wildman–Crippen LogP) is 3.87. The number of Topliss-reactive ketones (excluding diaryl/α,β-unsaturated/α-hetero) is 1. The third-order valence-corrected chi connectivity index (χ3v) is 2.82. The van der Waals surface area contributed by atoms with Crippen molar-refractivity contribution in [3.63, 3.8) is 0 Å². The van der Waals surface area contributed by atoms with Crippen LogP contribution in [0.25, 0.3) is 0 Å². The summed E-state index contributed by atoms with van der Waals surface area (Å²) in [6.07, 6.45) is 0. The van der Waals surface area contributed by atoms with Crippen LogP contribution < -0.4 is 11.1 Å². The Hall–Kier alpha value is -2.00. The maximum atomic E-state index is 11.3. The molecule has 0 amide bonds. The molecule has 0 aliphatic rings. The van der Waals surface area contributed by atoms with Gasteiger partial charge in [0.1, 0.15) is 0 Å². The summed E-state index contributed by atoms with van der Waals surface area (Å²) in [6, 6.07) is 12.6. The topological polar surface area (TPSA) is 55.1 Å². The molecular formula is C14H13ClN2O. The molecule has 0 atom stereocenters. The summed E-state index contributed by atoms with van der Waals surface area (Å²) in [6.45, 7) is 1.50. The summed E-state index contributed by atoms with van der Waals surface area (Å²) in [5.41, 5.74) is 8.57. The van der Waals surface area contributed by atoms with Crippen molar-refractivity contribution in [2.75, 3.05) is 11.1 Å². The number of nitrogens with two attached hydrogens (primary N) is 1. The Labute approximate surface area is 111 Å². The minimum Gasteiger partial charge on any atom is -0.398 e. The largest absolute Gasteiger partial charge is 0.398 e. The fourth-order valence-corrected chi connectivity index (χ4v) is 1.79. The minimum absolute atomic E-state index is 0.0365. The quantitative estimate of drug-likeness (QED) is 0.651. The number of halogens is 1. The van der Waals surface area contributed by atoms with Crippen molar-refractivity contribution in [2.24, 2.45) is 0 Å². The molecule has 0 radical (unpaired) electrons. The second kappa shape index (κ2) is 5.10. The highest BCUT2D eigenvalue weighted by atomic mass is 35.5.